The number of rotatable bonds is 7. The fraction of sp³-hybridized carbons (Fsp3) is 0.588. The summed E-state index contributed by atoms with van der Waals surface area (Å²) in [4.78, 5) is 11.9. The lowest BCUT2D eigenvalue weighted by atomic mass is 9.81. The van der Waals surface area contributed by atoms with E-state index in [1.54, 1.807) is 12.1 Å². The standard InChI is InChI=1S/C17H24FNO3/c18-15-6-4-14(5-7-15)2-1-3-16(21)19-12-17(13-20)8-10-22-11-9-17/h4-7,20H,1-3,8-13H2,(H,19,21). The minimum absolute atomic E-state index is 0.00132. The van der Waals surface area contributed by atoms with Crippen molar-refractivity contribution < 1.29 is 19.0 Å². The van der Waals surface area contributed by atoms with Crippen molar-refractivity contribution in [3.63, 3.8) is 0 Å². The first kappa shape index (κ1) is 16.9. The smallest absolute Gasteiger partial charge is 0.220 e. The Morgan fingerprint density at radius 3 is 2.59 bits per heavy atom. The SMILES string of the molecule is O=C(CCCc1ccc(F)cc1)NCC1(CO)CCOCC1. The molecule has 1 fully saturated rings. The van der Waals surface area contributed by atoms with E-state index in [0.717, 1.165) is 31.2 Å². The average molecular weight is 309 g/mol. The largest absolute Gasteiger partial charge is 0.396 e. The third-order valence-corrected chi connectivity index (χ3v) is 4.33. The van der Waals surface area contributed by atoms with Crippen LogP contribution in [0.4, 0.5) is 4.39 Å². The number of carbonyl (C=O) groups excluding carboxylic acids is 1. The van der Waals surface area contributed by atoms with Crippen LogP contribution in [0.2, 0.25) is 0 Å². The number of amides is 1. The second-order valence-electron chi connectivity index (χ2n) is 6.03. The number of hydrogen-bond donors (Lipinski definition) is 2. The van der Waals surface area contributed by atoms with Crippen molar-refractivity contribution in [2.24, 2.45) is 5.41 Å². The first-order valence-electron chi connectivity index (χ1n) is 7.83. The molecule has 5 heteroatoms. The van der Waals surface area contributed by atoms with Gasteiger partial charge in [-0.1, -0.05) is 12.1 Å². The molecule has 122 valence electrons. The molecule has 0 spiro atoms. The van der Waals surface area contributed by atoms with Gasteiger partial charge in [0.05, 0.1) is 6.61 Å². The van der Waals surface area contributed by atoms with E-state index in [-0.39, 0.29) is 23.7 Å². The number of ether oxygens (including phenoxy) is 1. The Bertz CT molecular complexity index is 469. The summed E-state index contributed by atoms with van der Waals surface area (Å²) < 4.78 is 18.1. The first-order valence-corrected chi connectivity index (χ1v) is 7.83. The molecule has 0 radical (unpaired) electrons. The Hall–Kier alpha value is -1.46. The zero-order valence-electron chi connectivity index (χ0n) is 12.8. The van der Waals surface area contributed by atoms with Gasteiger partial charge < -0.3 is 15.2 Å². The fourth-order valence-electron chi connectivity index (χ4n) is 2.67. The summed E-state index contributed by atoms with van der Waals surface area (Å²) in [5.41, 5.74) is 0.802. The molecule has 2 N–H and O–H groups in total. The predicted octanol–water partition coefficient (Wildman–Crippen LogP) is 2.05. The van der Waals surface area contributed by atoms with Crippen LogP contribution in [0.25, 0.3) is 0 Å². The van der Waals surface area contributed by atoms with Crippen molar-refractivity contribution in [1.82, 2.24) is 5.32 Å². The second kappa shape index (κ2) is 8.25. The Labute approximate surface area is 130 Å². The maximum atomic E-state index is 12.8. The molecule has 0 aromatic heterocycles. The van der Waals surface area contributed by atoms with Gasteiger partial charge in [-0.3, -0.25) is 4.79 Å². The van der Waals surface area contributed by atoms with Crippen LogP contribution in [0.3, 0.4) is 0 Å². The van der Waals surface area contributed by atoms with E-state index in [1.807, 2.05) is 0 Å². The molecule has 0 saturated carbocycles. The highest BCUT2D eigenvalue weighted by molar-refractivity contribution is 5.75. The molecule has 1 aromatic carbocycles. The molecule has 1 aliphatic rings. The summed E-state index contributed by atoms with van der Waals surface area (Å²) in [6, 6.07) is 6.36. The molecular formula is C17H24FNO3. The van der Waals surface area contributed by atoms with Gasteiger partial charge >= 0.3 is 0 Å². The zero-order valence-corrected chi connectivity index (χ0v) is 12.8. The number of aliphatic hydroxyl groups is 1. The molecule has 0 bridgehead atoms. The third kappa shape index (κ3) is 5.07. The lowest BCUT2D eigenvalue weighted by Gasteiger charge is -2.35. The lowest BCUT2D eigenvalue weighted by molar-refractivity contribution is -0.122. The molecule has 22 heavy (non-hydrogen) atoms. The van der Waals surface area contributed by atoms with Crippen molar-refractivity contribution in [3.8, 4) is 0 Å². The quantitative estimate of drug-likeness (QED) is 0.810. The zero-order chi connectivity index (χ0) is 15.8. The van der Waals surface area contributed by atoms with Gasteiger partial charge in [0.25, 0.3) is 0 Å². The van der Waals surface area contributed by atoms with Crippen molar-refractivity contribution in [2.75, 3.05) is 26.4 Å². The van der Waals surface area contributed by atoms with E-state index in [2.05, 4.69) is 5.32 Å². The van der Waals surface area contributed by atoms with Gasteiger partial charge in [-0.25, -0.2) is 4.39 Å². The fourth-order valence-corrected chi connectivity index (χ4v) is 2.67. The monoisotopic (exact) mass is 309 g/mol. The molecule has 4 nitrogen and oxygen atoms in total. The highest BCUT2D eigenvalue weighted by Crippen LogP contribution is 2.28. The molecule has 1 heterocycles. The molecule has 0 unspecified atom stereocenters. The molecule has 0 aliphatic carbocycles. The molecule has 2 rings (SSSR count). The van der Waals surface area contributed by atoms with Crippen LogP contribution in [-0.4, -0.2) is 37.4 Å². The number of hydrogen-bond acceptors (Lipinski definition) is 3. The number of nitrogens with one attached hydrogen (secondary N) is 1. The van der Waals surface area contributed by atoms with Crippen LogP contribution in [-0.2, 0) is 16.0 Å². The molecule has 1 amide bonds. The van der Waals surface area contributed by atoms with Gasteiger partial charge in [0.1, 0.15) is 5.82 Å². The number of benzene rings is 1. The normalized spacial score (nSPS) is 17.2. The Morgan fingerprint density at radius 2 is 1.95 bits per heavy atom. The molecule has 1 saturated heterocycles. The summed E-state index contributed by atoms with van der Waals surface area (Å²) in [6.45, 7) is 1.86. The van der Waals surface area contributed by atoms with Gasteiger partial charge in [0, 0.05) is 31.6 Å². The van der Waals surface area contributed by atoms with Gasteiger partial charge in [0.15, 0.2) is 0 Å². The van der Waals surface area contributed by atoms with Crippen LogP contribution >= 0.6 is 0 Å². The molecule has 1 aromatic rings. The minimum Gasteiger partial charge on any atom is -0.396 e. The Kier molecular flexibility index (Phi) is 6.34. The van der Waals surface area contributed by atoms with Crippen LogP contribution in [0.1, 0.15) is 31.2 Å². The van der Waals surface area contributed by atoms with Crippen molar-refractivity contribution in [3.05, 3.63) is 35.6 Å². The van der Waals surface area contributed by atoms with Gasteiger partial charge in [-0.2, -0.15) is 0 Å². The van der Waals surface area contributed by atoms with Crippen LogP contribution in [0, 0.1) is 11.2 Å². The summed E-state index contributed by atoms with van der Waals surface area (Å²) in [7, 11) is 0. The van der Waals surface area contributed by atoms with Crippen LogP contribution < -0.4 is 5.32 Å². The first-order chi connectivity index (χ1) is 10.6. The van der Waals surface area contributed by atoms with Gasteiger partial charge in [-0.05, 0) is 43.4 Å². The third-order valence-electron chi connectivity index (χ3n) is 4.33. The second-order valence-corrected chi connectivity index (χ2v) is 6.03. The summed E-state index contributed by atoms with van der Waals surface area (Å²) in [6.07, 6.45) is 3.48. The number of carbonyl (C=O) groups is 1. The molecular weight excluding hydrogens is 285 g/mol. The van der Waals surface area contributed by atoms with Gasteiger partial charge in [-0.15, -0.1) is 0 Å². The van der Waals surface area contributed by atoms with E-state index in [0.29, 0.717) is 26.2 Å². The van der Waals surface area contributed by atoms with E-state index in [4.69, 9.17) is 4.74 Å². The van der Waals surface area contributed by atoms with Crippen molar-refractivity contribution >= 4 is 5.91 Å². The number of aliphatic hydroxyl groups excluding tert-OH is 1. The van der Waals surface area contributed by atoms with Crippen LogP contribution in [0.15, 0.2) is 24.3 Å². The summed E-state index contributed by atoms with van der Waals surface area (Å²) >= 11 is 0. The van der Waals surface area contributed by atoms with Crippen LogP contribution in [0.5, 0.6) is 0 Å². The van der Waals surface area contributed by atoms with E-state index in [1.165, 1.54) is 12.1 Å². The minimum atomic E-state index is -0.243. The lowest BCUT2D eigenvalue weighted by Crippen LogP contribution is -2.43. The van der Waals surface area contributed by atoms with Crippen molar-refractivity contribution in [2.45, 2.75) is 32.1 Å². The van der Waals surface area contributed by atoms with E-state index < -0.39 is 0 Å². The Morgan fingerprint density at radius 1 is 1.27 bits per heavy atom. The van der Waals surface area contributed by atoms with Crippen molar-refractivity contribution in [1.29, 1.82) is 0 Å². The van der Waals surface area contributed by atoms with E-state index in [9.17, 15) is 14.3 Å². The highest BCUT2D eigenvalue weighted by Gasteiger charge is 2.32. The summed E-state index contributed by atoms with van der Waals surface area (Å²) in [5, 5.41) is 12.5. The number of halogens is 1. The topological polar surface area (TPSA) is 58.6 Å². The Balaban J connectivity index is 1.68. The molecule has 1 aliphatic heterocycles. The maximum Gasteiger partial charge on any atom is 0.220 e. The highest BCUT2D eigenvalue weighted by atomic mass is 19.1. The maximum absolute atomic E-state index is 12.8. The molecule has 0 atom stereocenters. The summed E-state index contributed by atoms with van der Waals surface area (Å²) in [5.74, 6) is -0.242. The van der Waals surface area contributed by atoms with Gasteiger partial charge in [0.2, 0.25) is 5.91 Å². The predicted molar refractivity (Wildman–Crippen MR) is 81.9 cm³/mol. The number of aryl methyl sites for hydroxylation is 1. The van der Waals surface area contributed by atoms with E-state index >= 15 is 0 Å². The average Bonchev–Trinajstić information content (AvgIpc) is 2.56.